The van der Waals surface area contributed by atoms with Gasteiger partial charge in [0.2, 0.25) is 0 Å². The van der Waals surface area contributed by atoms with Crippen LogP contribution in [0.4, 0.5) is 10.5 Å². The van der Waals surface area contributed by atoms with Crippen molar-refractivity contribution in [1.82, 2.24) is 5.32 Å². The summed E-state index contributed by atoms with van der Waals surface area (Å²) < 4.78 is 0.753. The molecule has 9 heteroatoms. The summed E-state index contributed by atoms with van der Waals surface area (Å²) in [6, 6.07) is 8.50. The Morgan fingerprint density at radius 3 is 2.31 bits per heavy atom. The van der Waals surface area contributed by atoms with Gasteiger partial charge in [-0.1, -0.05) is 23.7 Å². The minimum absolute atomic E-state index is 0.0144. The lowest BCUT2D eigenvalue weighted by molar-refractivity contribution is -0.122. The molecule has 0 saturated carbocycles. The van der Waals surface area contributed by atoms with E-state index in [0.29, 0.717) is 14.5 Å². The molecule has 0 atom stereocenters. The molecule has 1 aliphatic rings. The molecule has 132 valence electrons. The minimum atomic E-state index is -0.877. The van der Waals surface area contributed by atoms with Crippen molar-refractivity contribution >= 4 is 73.1 Å². The number of hydrogen-bond donors (Lipinski definition) is 2. The van der Waals surface area contributed by atoms with Crippen LogP contribution in [0.15, 0.2) is 50.9 Å². The second kappa shape index (κ2) is 7.22. The van der Waals surface area contributed by atoms with E-state index >= 15 is 0 Å². The molecule has 0 spiro atoms. The Hall–Kier alpha value is -2.16. The summed E-state index contributed by atoms with van der Waals surface area (Å²) in [7, 11) is 0. The molecule has 1 heterocycles. The Morgan fingerprint density at radius 2 is 1.69 bits per heavy atom. The zero-order valence-electron chi connectivity index (χ0n) is 12.8. The highest BCUT2D eigenvalue weighted by molar-refractivity contribution is 9.11. The summed E-state index contributed by atoms with van der Waals surface area (Å²) in [5.41, 5.74) is 0.394. The van der Waals surface area contributed by atoms with Gasteiger partial charge in [-0.05, 0) is 67.8 Å². The molecule has 26 heavy (non-hydrogen) atoms. The quantitative estimate of drug-likeness (QED) is 0.477. The first-order valence-electron chi connectivity index (χ1n) is 7.13. The lowest BCUT2D eigenvalue weighted by Crippen LogP contribution is -2.54. The first-order chi connectivity index (χ1) is 12.3. The lowest BCUT2D eigenvalue weighted by Gasteiger charge is -2.27. The number of urea groups is 1. The highest BCUT2D eigenvalue weighted by Gasteiger charge is 2.37. The molecular formula is C17H9Br2ClN2O4. The summed E-state index contributed by atoms with van der Waals surface area (Å²) in [4.78, 5) is 37.9. The molecule has 0 radical (unpaired) electrons. The zero-order chi connectivity index (χ0) is 19.0. The van der Waals surface area contributed by atoms with Crippen LogP contribution in [0.1, 0.15) is 5.56 Å². The van der Waals surface area contributed by atoms with Crippen LogP contribution >= 0.6 is 43.5 Å². The maximum Gasteiger partial charge on any atom is 0.335 e. The van der Waals surface area contributed by atoms with E-state index < -0.39 is 17.8 Å². The van der Waals surface area contributed by atoms with E-state index in [1.54, 1.807) is 12.1 Å². The van der Waals surface area contributed by atoms with E-state index in [2.05, 4.69) is 37.2 Å². The van der Waals surface area contributed by atoms with Gasteiger partial charge < -0.3 is 5.11 Å². The van der Waals surface area contributed by atoms with Crippen molar-refractivity contribution in [3.05, 3.63) is 61.5 Å². The van der Waals surface area contributed by atoms with Crippen molar-refractivity contribution in [3.63, 3.8) is 0 Å². The van der Waals surface area contributed by atoms with Crippen LogP contribution in [-0.2, 0) is 9.59 Å². The average Bonchev–Trinajstić information content (AvgIpc) is 2.58. The van der Waals surface area contributed by atoms with Crippen LogP contribution in [0.5, 0.6) is 5.75 Å². The Balaban J connectivity index is 2.07. The molecule has 0 aromatic heterocycles. The number of carbonyl (C=O) groups excluding carboxylic acids is 3. The normalized spacial score (nSPS) is 16.2. The molecule has 1 fully saturated rings. The number of imide groups is 2. The lowest BCUT2D eigenvalue weighted by atomic mass is 10.1. The summed E-state index contributed by atoms with van der Waals surface area (Å²) >= 11 is 12.4. The number of hydrogen-bond acceptors (Lipinski definition) is 4. The molecule has 3 rings (SSSR count). The second-order valence-electron chi connectivity index (χ2n) is 5.24. The van der Waals surface area contributed by atoms with Gasteiger partial charge in [-0.3, -0.25) is 14.9 Å². The van der Waals surface area contributed by atoms with Crippen molar-refractivity contribution in [2.24, 2.45) is 0 Å². The summed E-state index contributed by atoms with van der Waals surface area (Å²) in [5.74, 6) is -1.63. The van der Waals surface area contributed by atoms with Crippen molar-refractivity contribution in [3.8, 4) is 5.75 Å². The van der Waals surface area contributed by atoms with E-state index in [1.807, 2.05) is 0 Å². The monoisotopic (exact) mass is 498 g/mol. The molecule has 0 aliphatic carbocycles. The molecule has 6 nitrogen and oxygen atoms in total. The largest absolute Gasteiger partial charge is 0.506 e. The number of rotatable bonds is 2. The zero-order valence-corrected chi connectivity index (χ0v) is 16.7. The third-order valence-electron chi connectivity index (χ3n) is 3.55. The third kappa shape index (κ3) is 3.40. The standard InChI is InChI=1S/C17H9Br2ClN2O4/c18-10-6-8(7-11(19)14(10)23)5-9-15(24)21-17(26)22(16(9)25)13-4-2-1-3-12(13)20/h1-7,23H,(H,21,24,26)/b9-5+. The SMILES string of the molecule is O=C1NC(=O)N(c2ccccc2Cl)C(=O)/C1=C/c1cc(Br)c(O)c(Br)c1. The molecule has 1 saturated heterocycles. The number of phenols is 1. The van der Waals surface area contributed by atoms with E-state index in [-0.39, 0.29) is 22.0 Å². The van der Waals surface area contributed by atoms with Crippen LogP contribution in [0.2, 0.25) is 5.02 Å². The number of para-hydroxylation sites is 1. The number of amides is 4. The van der Waals surface area contributed by atoms with Crippen molar-refractivity contribution in [2.45, 2.75) is 0 Å². The molecule has 2 N–H and O–H groups in total. The van der Waals surface area contributed by atoms with Gasteiger partial charge in [-0.25, -0.2) is 9.69 Å². The highest BCUT2D eigenvalue weighted by Crippen LogP contribution is 2.34. The number of halogens is 3. The number of anilines is 1. The fourth-order valence-electron chi connectivity index (χ4n) is 2.34. The summed E-state index contributed by atoms with van der Waals surface area (Å²) in [6.45, 7) is 0. The predicted molar refractivity (Wildman–Crippen MR) is 104 cm³/mol. The molecule has 0 unspecified atom stereocenters. The van der Waals surface area contributed by atoms with E-state index in [1.165, 1.54) is 30.3 Å². The number of benzene rings is 2. The Bertz CT molecular complexity index is 967. The van der Waals surface area contributed by atoms with Crippen LogP contribution in [0, 0.1) is 0 Å². The molecule has 0 bridgehead atoms. The minimum Gasteiger partial charge on any atom is -0.506 e. The van der Waals surface area contributed by atoms with Crippen molar-refractivity contribution < 1.29 is 19.5 Å². The van der Waals surface area contributed by atoms with Crippen LogP contribution < -0.4 is 10.2 Å². The number of phenolic OH excluding ortho intramolecular Hbond substituents is 1. The smallest absolute Gasteiger partial charge is 0.335 e. The first-order valence-corrected chi connectivity index (χ1v) is 9.10. The van der Waals surface area contributed by atoms with Crippen LogP contribution in [0.25, 0.3) is 6.08 Å². The van der Waals surface area contributed by atoms with E-state index in [0.717, 1.165) is 4.90 Å². The van der Waals surface area contributed by atoms with Gasteiger partial charge in [0.25, 0.3) is 11.8 Å². The highest BCUT2D eigenvalue weighted by atomic mass is 79.9. The van der Waals surface area contributed by atoms with Gasteiger partial charge in [0, 0.05) is 0 Å². The number of nitrogens with zero attached hydrogens (tertiary/aromatic N) is 1. The average molecular weight is 501 g/mol. The number of nitrogens with one attached hydrogen (secondary N) is 1. The van der Waals surface area contributed by atoms with Gasteiger partial charge in [-0.2, -0.15) is 0 Å². The van der Waals surface area contributed by atoms with E-state index in [4.69, 9.17) is 11.6 Å². The Labute approximate surface area is 169 Å². The van der Waals surface area contributed by atoms with Gasteiger partial charge in [0.05, 0.1) is 19.7 Å². The first kappa shape index (κ1) is 18.6. The fourth-order valence-corrected chi connectivity index (χ4v) is 3.79. The van der Waals surface area contributed by atoms with Gasteiger partial charge in [-0.15, -0.1) is 0 Å². The second-order valence-corrected chi connectivity index (χ2v) is 7.36. The summed E-state index contributed by atoms with van der Waals surface area (Å²) in [6.07, 6.45) is 1.32. The Morgan fingerprint density at radius 1 is 1.08 bits per heavy atom. The van der Waals surface area contributed by atoms with Gasteiger partial charge >= 0.3 is 6.03 Å². The molecule has 2 aromatic carbocycles. The van der Waals surface area contributed by atoms with Gasteiger partial charge in [0.15, 0.2) is 0 Å². The van der Waals surface area contributed by atoms with Gasteiger partial charge in [0.1, 0.15) is 11.3 Å². The fraction of sp³-hybridized carbons (Fsp3) is 0. The predicted octanol–water partition coefficient (Wildman–Crippen LogP) is 4.24. The maximum atomic E-state index is 12.8. The third-order valence-corrected chi connectivity index (χ3v) is 5.07. The maximum absolute atomic E-state index is 12.8. The topological polar surface area (TPSA) is 86.7 Å². The molecular weight excluding hydrogens is 491 g/mol. The van der Waals surface area contributed by atoms with Crippen molar-refractivity contribution in [1.29, 1.82) is 0 Å². The Kier molecular flexibility index (Phi) is 5.17. The number of aromatic hydroxyl groups is 1. The van der Waals surface area contributed by atoms with Crippen LogP contribution in [-0.4, -0.2) is 23.0 Å². The van der Waals surface area contributed by atoms with E-state index in [9.17, 15) is 19.5 Å². The molecule has 4 amide bonds. The summed E-state index contributed by atoms with van der Waals surface area (Å²) in [5, 5.41) is 12.1. The molecule has 1 aliphatic heterocycles. The number of carbonyl (C=O) groups is 3. The van der Waals surface area contributed by atoms with Crippen molar-refractivity contribution in [2.75, 3.05) is 4.90 Å². The van der Waals surface area contributed by atoms with Crippen LogP contribution in [0.3, 0.4) is 0 Å². The molecule has 2 aromatic rings. The number of barbiturate groups is 1.